The number of piperidine rings is 1. The highest BCUT2D eigenvalue weighted by molar-refractivity contribution is 5.25. The molecule has 1 heterocycles. The summed E-state index contributed by atoms with van der Waals surface area (Å²) in [7, 11) is 5.53. The zero-order valence-corrected chi connectivity index (χ0v) is 10.6. The molecule has 1 fully saturated rings. The zero-order valence-electron chi connectivity index (χ0n) is 10.6. The third-order valence-corrected chi connectivity index (χ3v) is 3.68. The van der Waals surface area contributed by atoms with Crippen LogP contribution in [0, 0.1) is 18.8 Å². The molecule has 0 amide bonds. The summed E-state index contributed by atoms with van der Waals surface area (Å²) in [5, 5.41) is 10.9. The van der Waals surface area contributed by atoms with Crippen LogP contribution in [0.25, 0.3) is 0 Å². The molecule has 2 atom stereocenters. The molecule has 1 saturated heterocycles. The number of ether oxygens (including phenoxy) is 1. The number of aliphatic hydroxyl groups is 1. The first kappa shape index (κ1) is 13.5. The molecule has 1 aromatic rings. The van der Waals surface area contributed by atoms with Crippen molar-refractivity contribution in [3.8, 4) is 0 Å². The van der Waals surface area contributed by atoms with E-state index in [1.54, 1.807) is 19.2 Å². The smallest absolute Gasteiger partial charge is 0.123 e. The minimum atomic E-state index is -0.960. The third kappa shape index (κ3) is 2.55. The lowest BCUT2D eigenvalue weighted by Gasteiger charge is -2.46. The largest absolute Gasteiger partial charge is 0.459 e. The van der Waals surface area contributed by atoms with Gasteiger partial charge in [-0.05, 0) is 37.2 Å². The van der Waals surface area contributed by atoms with Gasteiger partial charge in [0, 0.05) is 13.0 Å². The maximum atomic E-state index is 13.0. The fraction of sp³-hybridized carbons (Fsp3) is 0.500. The molecule has 100 valence electrons. The summed E-state index contributed by atoms with van der Waals surface area (Å²) in [5.41, 5.74) is -0.211. The highest BCUT2D eigenvalue weighted by atomic mass is 19.1. The Balaban J connectivity index is 2.28. The summed E-state index contributed by atoms with van der Waals surface area (Å²) >= 11 is 0. The second-order valence-corrected chi connectivity index (χ2v) is 4.91. The van der Waals surface area contributed by atoms with E-state index in [2.05, 4.69) is 7.05 Å². The van der Waals surface area contributed by atoms with Crippen molar-refractivity contribution in [3.05, 3.63) is 42.7 Å². The average Bonchev–Trinajstić information content (AvgIpc) is 2.35. The fourth-order valence-electron chi connectivity index (χ4n) is 2.60. The number of rotatable bonds is 3. The van der Waals surface area contributed by atoms with E-state index < -0.39 is 5.60 Å². The molecule has 0 bridgehead atoms. The maximum absolute atomic E-state index is 13.0. The molecule has 1 aromatic carbocycles. The molecule has 0 saturated carbocycles. The summed E-state index contributed by atoms with van der Waals surface area (Å²) in [5.74, 6) is -0.348. The van der Waals surface area contributed by atoms with Crippen molar-refractivity contribution in [1.82, 2.24) is 4.90 Å². The molecule has 18 heavy (non-hydrogen) atoms. The maximum Gasteiger partial charge on any atom is 0.123 e. The monoisotopic (exact) mass is 252 g/mol. The van der Waals surface area contributed by atoms with Crippen molar-refractivity contribution in [3.63, 3.8) is 0 Å². The highest BCUT2D eigenvalue weighted by Gasteiger charge is 2.40. The summed E-state index contributed by atoms with van der Waals surface area (Å²) in [6, 6.07) is 6.06. The van der Waals surface area contributed by atoms with Gasteiger partial charge in [0.1, 0.15) is 5.82 Å². The molecule has 2 unspecified atom stereocenters. The van der Waals surface area contributed by atoms with Crippen LogP contribution >= 0.6 is 0 Å². The van der Waals surface area contributed by atoms with Crippen molar-refractivity contribution in [1.29, 1.82) is 0 Å². The van der Waals surface area contributed by atoms with Crippen LogP contribution in [0.3, 0.4) is 0 Å². The molecule has 3 nitrogen and oxygen atoms in total. The van der Waals surface area contributed by atoms with Gasteiger partial charge in [0.05, 0.1) is 12.2 Å². The SMILES string of the molecule is [CH2-]N1CCC(O)(c2ccc(F)cc2)C(COC)C1. The van der Waals surface area contributed by atoms with Gasteiger partial charge in [0.15, 0.2) is 0 Å². The first-order valence-electron chi connectivity index (χ1n) is 6.09. The average molecular weight is 252 g/mol. The van der Waals surface area contributed by atoms with Crippen molar-refractivity contribution >= 4 is 0 Å². The molecule has 0 spiro atoms. The molecular weight excluding hydrogens is 233 g/mol. The van der Waals surface area contributed by atoms with E-state index in [0.717, 1.165) is 5.56 Å². The second-order valence-electron chi connectivity index (χ2n) is 4.91. The van der Waals surface area contributed by atoms with Crippen molar-refractivity contribution < 1.29 is 14.2 Å². The van der Waals surface area contributed by atoms with E-state index in [0.29, 0.717) is 26.1 Å². The van der Waals surface area contributed by atoms with Gasteiger partial charge < -0.3 is 14.7 Å². The van der Waals surface area contributed by atoms with Gasteiger partial charge in [-0.1, -0.05) is 12.1 Å². The van der Waals surface area contributed by atoms with E-state index in [-0.39, 0.29) is 11.7 Å². The van der Waals surface area contributed by atoms with Gasteiger partial charge in [-0.15, -0.1) is 0 Å². The minimum absolute atomic E-state index is 0.0563. The second kappa shape index (κ2) is 5.34. The molecule has 1 N–H and O–H groups in total. The van der Waals surface area contributed by atoms with Gasteiger partial charge >= 0.3 is 0 Å². The number of methoxy groups -OCH3 is 1. The Labute approximate surface area is 107 Å². The number of benzene rings is 1. The Morgan fingerprint density at radius 3 is 2.78 bits per heavy atom. The number of likely N-dealkylation sites (tertiary alicyclic amines) is 1. The number of nitrogens with zero attached hydrogens (tertiary/aromatic N) is 1. The predicted molar refractivity (Wildman–Crippen MR) is 67.2 cm³/mol. The van der Waals surface area contributed by atoms with Crippen molar-refractivity contribution in [2.75, 3.05) is 26.8 Å². The molecule has 1 aliphatic heterocycles. The molecule has 0 aliphatic carbocycles. The van der Waals surface area contributed by atoms with Gasteiger partial charge in [0.25, 0.3) is 0 Å². The van der Waals surface area contributed by atoms with E-state index in [1.807, 2.05) is 4.90 Å². The van der Waals surface area contributed by atoms with Crippen LogP contribution in [-0.4, -0.2) is 36.8 Å². The van der Waals surface area contributed by atoms with Gasteiger partial charge in [-0.3, -0.25) is 7.05 Å². The summed E-state index contributed by atoms with van der Waals surface area (Å²) in [6.45, 7) is 1.84. The van der Waals surface area contributed by atoms with Crippen LogP contribution in [0.15, 0.2) is 24.3 Å². The summed E-state index contributed by atoms with van der Waals surface area (Å²) in [6.07, 6.45) is 0.580. The van der Waals surface area contributed by atoms with E-state index in [9.17, 15) is 9.50 Å². The lowest BCUT2D eigenvalue weighted by Crippen LogP contribution is -2.49. The van der Waals surface area contributed by atoms with Crippen LogP contribution in [-0.2, 0) is 10.3 Å². The minimum Gasteiger partial charge on any atom is -0.459 e. The Kier molecular flexibility index (Phi) is 4.00. The van der Waals surface area contributed by atoms with Crippen LogP contribution in [0.4, 0.5) is 4.39 Å². The summed E-state index contributed by atoms with van der Waals surface area (Å²) in [4.78, 5) is 1.93. The fourth-order valence-corrected chi connectivity index (χ4v) is 2.60. The van der Waals surface area contributed by atoms with Gasteiger partial charge in [-0.25, -0.2) is 4.39 Å². The normalized spacial score (nSPS) is 29.4. The van der Waals surface area contributed by atoms with Gasteiger partial charge in [0.2, 0.25) is 0 Å². The molecule has 0 aromatic heterocycles. The molecule has 4 heteroatoms. The third-order valence-electron chi connectivity index (χ3n) is 3.68. The number of hydrogen-bond acceptors (Lipinski definition) is 3. The Morgan fingerprint density at radius 1 is 1.50 bits per heavy atom. The Hall–Kier alpha value is -0.970. The van der Waals surface area contributed by atoms with Crippen LogP contribution in [0.5, 0.6) is 0 Å². The number of halogens is 1. The lowest BCUT2D eigenvalue weighted by molar-refractivity contribution is -0.0925. The van der Waals surface area contributed by atoms with Crippen LogP contribution in [0.2, 0.25) is 0 Å². The quantitative estimate of drug-likeness (QED) is 0.832. The molecule has 1 aliphatic rings. The molecule has 2 rings (SSSR count). The Bertz CT molecular complexity index is 395. The van der Waals surface area contributed by atoms with Crippen molar-refractivity contribution in [2.24, 2.45) is 5.92 Å². The first-order valence-corrected chi connectivity index (χ1v) is 6.09. The lowest BCUT2D eigenvalue weighted by atomic mass is 9.76. The topological polar surface area (TPSA) is 32.7 Å². The van der Waals surface area contributed by atoms with Crippen LogP contribution < -0.4 is 0 Å². The predicted octanol–water partition coefficient (Wildman–Crippen LogP) is 1.77. The highest BCUT2D eigenvalue weighted by Crippen LogP contribution is 2.37. The zero-order chi connectivity index (χ0) is 13.2. The van der Waals surface area contributed by atoms with Crippen LogP contribution in [0.1, 0.15) is 12.0 Å². The number of hydrogen-bond donors (Lipinski definition) is 1. The van der Waals surface area contributed by atoms with E-state index in [1.165, 1.54) is 12.1 Å². The Morgan fingerprint density at radius 2 is 2.17 bits per heavy atom. The molecule has 0 radical (unpaired) electrons. The van der Waals surface area contributed by atoms with E-state index in [4.69, 9.17) is 4.74 Å². The first-order chi connectivity index (χ1) is 8.56. The van der Waals surface area contributed by atoms with Crippen molar-refractivity contribution in [2.45, 2.75) is 12.0 Å². The molecular formula is C14H19FNO2-. The standard InChI is InChI=1S/C14H19FNO2/c1-16-8-7-14(17,12(9-16)10-18-2)11-3-5-13(15)6-4-11/h3-6,12,17H,1,7-10H2,2H3/q-1. The summed E-state index contributed by atoms with van der Waals surface area (Å²) < 4.78 is 18.1. The van der Waals surface area contributed by atoms with Gasteiger partial charge in [-0.2, -0.15) is 0 Å². The van der Waals surface area contributed by atoms with E-state index >= 15 is 0 Å².